The molecular formula is C20H20FNO2. The third kappa shape index (κ3) is 2.92. The number of halogens is 1. The minimum Gasteiger partial charge on any atom is -0.495 e. The van der Waals surface area contributed by atoms with Crippen LogP contribution in [0.15, 0.2) is 48.7 Å². The molecule has 4 heteroatoms. The second-order valence-corrected chi connectivity index (χ2v) is 5.78. The summed E-state index contributed by atoms with van der Waals surface area (Å²) in [6, 6.07) is 11.4. The Kier molecular flexibility index (Phi) is 4.65. The van der Waals surface area contributed by atoms with Gasteiger partial charge in [0.2, 0.25) is 0 Å². The van der Waals surface area contributed by atoms with E-state index in [0.29, 0.717) is 11.1 Å². The van der Waals surface area contributed by atoms with E-state index in [1.54, 1.807) is 7.11 Å². The standard InChI is InChI=1S/C20H20FNO2/c1-3-4-12-22-13-17(16-6-5-7-18(24-2)19(16)22)20(23)14-8-10-15(21)11-9-14/h5-11,13H,3-4,12H2,1-2H3. The van der Waals surface area contributed by atoms with Gasteiger partial charge in [-0.3, -0.25) is 4.79 Å². The summed E-state index contributed by atoms with van der Waals surface area (Å²) in [5.41, 5.74) is 2.03. The molecule has 3 aromatic rings. The molecule has 124 valence electrons. The number of unbranched alkanes of at least 4 members (excludes halogenated alkanes) is 1. The van der Waals surface area contributed by atoms with Crippen LogP contribution in [-0.2, 0) is 6.54 Å². The lowest BCUT2D eigenvalue weighted by atomic mass is 10.0. The average molecular weight is 325 g/mol. The summed E-state index contributed by atoms with van der Waals surface area (Å²) in [5.74, 6) is 0.295. The lowest BCUT2D eigenvalue weighted by molar-refractivity contribution is 0.104. The van der Waals surface area contributed by atoms with E-state index in [1.165, 1.54) is 24.3 Å². The quantitative estimate of drug-likeness (QED) is 0.608. The number of methoxy groups -OCH3 is 1. The number of hydrogen-bond donors (Lipinski definition) is 0. The number of benzene rings is 2. The number of ketones is 1. The topological polar surface area (TPSA) is 31.2 Å². The largest absolute Gasteiger partial charge is 0.495 e. The zero-order valence-corrected chi connectivity index (χ0v) is 13.9. The summed E-state index contributed by atoms with van der Waals surface area (Å²) in [6.45, 7) is 2.96. The summed E-state index contributed by atoms with van der Waals surface area (Å²) in [7, 11) is 1.63. The molecule has 0 saturated heterocycles. The number of ether oxygens (including phenoxy) is 1. The second-order valence-electron chi connectivity index (χ2n) is 5.78. The molecule has 0 aliphatic heterocycles. The van der Waals surface area contributed by atoms with Crippen molar-refractivity contribution in [3.63, 3.8) is 0 Å². The number of nitrogens with zero attached hydrogens (tertiary/aromatic N) is 1. The molecule has 0 saturated carbocycles. The van der Waals surface area contributed by atoms with Crippen LogP contribution in [0.1, 0.15) is 35.7 Å². The number of hydrogen-bond acceptors (Lipinski definition) is 2. The summed E-state index contributed by atoms with van der Waals surface area (Å²) in [6.07, 6.45) is 3.97. The fourth-order valence-corrected chi connectivity index (χ4v) is 2.93. The van der Waals surface area contributed by atoms with Gasteiger partial charge in [0, 0.05) is 29.3 Å². The minimum absolute atomic E-state index is 0.108. The Bertz CT molecular complexity index is 865. The Labute approximate surface area is 140 Å². The van der Waals surface area contributed by atoms with Crippen molar-refractivity contribution >= 4 is 16.7 Å². The van der Waals surface area contributed by atoms with E-state index < -0.39 is 0 Å². The first-order chi connectivity index (χ1) is 11.7. The van der Waals surface area contributed by atoms with Crippen molar-refractivity contribution in [1.82, 2.24) is 4.57 Å². The fraction of sp³-hybridized carbons (Fsp3) is 0.250. The van der Waals surface area contributed by atoms with Crippen molar-refractivity contribution in [2.75, 3.05) is 7.11 Å². The highest BCUT2D eigenvalue weighted by Crippen LogP contribution is 2.31. The molecule has 0 spiro atoms. The second kappa shape index (κ2) is 6.87. The Balaban J connectivity index is 2.13. The van der Waals surface area contributed by atoms with Crippen LogP contribution in [0.4, 0.5) is 4.39 Å². The molecule has 24 heavy (non-hydrogen) atoms. The van der Waals surface area contributed by atoms with Gasteiger partial charge in [0.15, 0.2) is 5.78 Å². The van der Waals surface area contributed by atoms with E-state index in [-0.39, 0.29) is 11.6 Å². The molecule has 0 N–H and O–H groups in total. The van der Waals surface area contributed by atoms with Crippen LogP contribution in [0.5, 0.6) is 5.75 Å². The SMILES string of the molecule is CCCCn1cc(C(=O)c2ccc(F)cc2)c2cccc(OC)c21. The maximum atomic E-state index is 13.1. The maximum absolute atomic E-state index is 13.1. The van der Waals surface area contributed by atoms with Crippen LogP contribution in [-0.4, -0.2) is 17.5 Å². The number of aryl methyl sites for hydroxylation is 1. The fourth-order valence-electron chi connectivity index (χ4n) is 2.93. The zero-order valence-electron chi connectivity index (χ0n) is 13.9. The van der Waals surface area contributed by atoms with Crippen molar-refractivity contribution in [2.45, 2.75) is 26.3 Å². The molecule has 1 aromatic heterocycles. The highest BCUT2D eigenvalue weighted by Gasteiger charge is 2.19. The highest BCUT2D eigenvalue weighted by atomic mass is 19.1. The summed E-state index contributed by atoms with van der Waals surface area (Å²) in [4.78, 5) is 12.9. The van der Waals surface area contributed by atoms with Crippen LogP contribution < -0.4 is 4.74 Å². The summed E-state index contributed by atoms with van der Waals surface area (Å²) < 4.78 is 20.7. The lowest BCUT2D eigenvalue weighted by Gasteiger charge is -2.07. The van der Waals surface area contributed by atoms with Gasteiger partial charge in [-0.1, -0.05) is 25.5 Å². The monoisotopic (exact) mass is 325 g/mol. The maximum Gasteiger partial charge on any atom is 0.195 e. The van der Waals surface area contributed by atoms with E-state index in [9.17, 15) is 9.18 Å². The first kappa shape index (κ1) is 16.2. The third-order valence-electron chi connectivity index (χ3n) is 4.18. The Hall–Kier alpha value is -2.62. The molecule has 0 aliphatic carbocycles. The van der Waals surface area contributed by atoms with Crippen molar-refractivity contribution in [2.24, 2.45) is 0 Å². The minimum atomic E-state index is -0.349. The van der Waals surface area contributed by atoms with E-state index in [1.807, 2.05) is 24.4 Å². The van der Waals surface area contributed by atoms with Gasteiger partial charge in [-0.25, -0.2) is 4.39 Å². The molecular weight excluding hydrogens is 305 g/mol. The highest BCUT2D eigenvalue weighted by molar-refractivity contribution is 6.17. The van der Waals surface area contributed by atoms with E-state index in [2.05, 4.69) is 11.5 Å². The number of aromatic nitrogens is 1. The van der Waals surface area contributed by atoms with Gasteiger partial charge in [0.05, 0.1) is 12.6 Å². The number of carbonyl (C=O) groups is 1. The number of rotatable bonds is 6. The molecule has 0 radical (unpaired) electrons. The van der Waals surface area contributed by atoms with E-state index in [4.69, 9.17) is 4.74 Å². The van der Waals surface area contributed by atoms with Crippen molar-refractivity contribution in [3.8, 4) is 5.75 Å². The van der Waals surface area contributed by atoms with Crippen LogP contribution in [0, 0.1) is 5.82 Å². The van der Waals surface area contributed by atoms with Gasteiger partial charge in [-0.05, 0) is 36.8 Å². The van der Waals surface area contributed by atoms with Crippen LogP contribution in [0.25, 0.3) is 10.9 Å². The van der Waals surface area contributed by atoms with Crippen molar-refractivity contribution in [1.29, 1.82) is 0 Å². The van der Waals surface area contributed by atoms with Gasteiger partial charge in [0.1, 0.15) is 11.6 Å². The van der Waals surface area contributed by atoms with E-state index in [0.717, 1.165) is 36.0 Å². The molecule has 0 unspecified atom stereocenters. The molecule has 3 nitrogen and oxygen atoms in total. The molecule has 3 rings (SSSR count). The third-order valence-corrected chi connectivity index (χ3v) is 4.18. The van der Waals surface area contributed by atoms with Gasteiger partial charge in [-0.2, -0.15) is 0 Å². The van der Waals surface area contributed by atoms with Crippen molar-refractivity contribution in [3.05, 3.63) is 65.6 Å². The predicted octanol–water partition coefficient (Wildman–Crippen LogP) is 4.82. The van der Waals surface area contributed by atoms with Crippen molar-refractivity contribution < 1.29 is 13.9 Å². The normalized spacial score (nSPS) is 11.0. The first-order valence-electron chi connectivity index (χ1n) is 8.11. The Morgan fingerprint density at radius 2 is 1.92 bits per heavy atom. The number of fused-ring (bicyclic) bond motifs is 1. The van der Waals surface area contributed by atoms with Crippen LogP contribution in [0.3, 0.4) is 0 Å². The summed E-state index contributed by atoms with van der Waals surface area (Å²) >= 11 is 0. The average Bonchev–Trinajstić information content (AvgIpc) is 2.99. The molecule has 0 atom stereocenters. The van der Waals surface area contributed by atoms with Gasteiger partial charge < -0.3 is 9.30 Å². The smallest absolute Gasteiger partial charge is 0.195 e. The molecule has 1 heterocycles. The molecule has 2 aromatic carbocycles. The van der Waals surface area contributed by atoms with Crippen LogP contribution >= 0.6 is 0 Å². The molecule has 0 aliphatic rings. The Morgan fingerprint density at radius 1 is 1.17 bits per heavy atom. The number of para-hydroxylation sites is 1. The van der Waals surface area contributed by atoms with E-state index >= 15 is 0 Å². The summed E-state index contributed by atoms with van der Waals surface area (Å²) in [5, 5.41) is 0.861. The first-order valence-corrected chi connectivity index (χ1v) is 8.11. The lowest BCUT2D eigenvalue weighted by Crippen LogP contribution is -2.01. The predicted molar refractivity (Wildman–Crippen MR) is 93.2 cm³/mol. The zero-order chi connectivity index (χ0) is 17.1. The molecule has 0 fully saturated rings. The molecule has 0 bridgehead atoms. The number of carbonyl (C=O) groups excluding carboxylic acids is 1. The van der Waals surface area contributed by atoms with Gasteiger partial charge in [0.25, 0.3) is 0 Å². The van der Waals surface area contributed by atoms with Gasteiger partial charge in [-0.15, -0.1) is 0 Å². The van der Waals surface area contributed by atoms with Gasteiger partial charge >= 0.3 is 0 Å². The molecule has 0 amide bonds. The van der Waals surface area contributed by atoms with Crippen LogP contribution in [0.2, 0.25) is 0 Å². The Morgan fingerprint density at radius 3 is 2.58 bits per heavy atom.